The van der Waals surface area contributed by atoms with Crippen molar-refractivity contribution in [2.24, 2.45) is 0 Å². The fraction of sp³-hybridized carbons (Fsp3) is 0.421. The van der Waals surface area contributed by atoms with Gasteiger partial charge in [-0.2, -0.15) is 5.26 Å². The van der Waals surface area contributed by atoms with Crippen LogP contribution < -0.4 is 10.6 Å². The highest BCUT2D eigenvalue weighted by atomic mass is 16.5. The van der Waals surface area contributed by atoms with Crippen molar-refractivity contribution < 1.29 is 14.3 Å². The van der Waals surface area contributed by atoms with Crippen LogP contribution in [0.2, 0.25) is 0 Å². The van der Waals surface area contributed by atoms with Crippen molar-refractivity contribution in [1.82, 2.24) is 5.32 Å². The number of hydrogen-bond acceptors (Lipinski definition) is 5. The summed E-state index contributed by atoms with van der Waals surface area (Å²) in [6, 6.07) is 7.77. The first-order chi connectivity index (χ1) is 12.1. The highest BCUT2D eigenvalue weighted by molar-refractivity contribution is 6.07. The third-order valence-corrected chi connectivity index (χ3v) is 3.63. The number of aryl methyl sites for hydroxylation is 2. The minimum atomic E-state index is -0.471. The Kier molecular flexibility index (Phi) is 8.80. The number of ether oxygens (including phenoxy) is 1. The average molecular weight is 343 g/mol. The number of nitriles is 1. The van der Waals surface area contributed by atoms with Crippen molar-refractivity contribution in [3.8, 4) is 6.07 Å². The Bertz CT molecular complexity index is 653. The number of nitrogens with zero attached hydrogens (tertiary/aromatic N) is 1. The lowest BCUT2D eigenvalue weighted by molar-refractivity contribution is -0.142. The van der Waals surface area contributed by atoms with E-state index in [0.29, 0.717) is 13.2 Å². The van der Waals surface area contributed by atoms with Gasteiger partial charge in [0.25, 0.3) is 5.91 Å². The highest BCUT2D eigenvalue weighted by Gasteiger charge is 2.13. The number of nitrogens with one attached hydrogen (secondary N) is 2. The summed E-state index contributed by atoms with van der Waals surface area (Å²) < 4.78 is 4.81. The molecule has 2 N–H and O–H groups in total. The SMILES string of the molecule is CCOC(=O)CCN/C=C(/C#N)C(=O)Nc1c(CC)cccc1CC. The van der Waals surface area contributed by atoms with Gasteiger partial charge in [-0.15, -0.1) is 0 Å². The summed E-state index contributed by atoms with van der Waals surface area (Å²) in [5, 5.41) is 14.9. The largest absolute Gasteiger partial charge is 0.466 e. The van der Waals surface area contributed by atoms with Crippen LogP contribution in [0.3, 0.4) is 0 Å². The summed E-state index contributed by atoms with van der Waals surface area (Å²) in [6.07, 6.45) is 3.07. The first-order valence-electron chi connectivity index (χ1n) is 8.48. The van der Waals surface area contributed by atoms with E-state index in [4.69, 9.17) is 4.74 Å². The Hall–Kier alpha value is -2.81. The maximum absolute atomic E-state index is 12.4. The molecular formula is C19H25N3O3. The van der Waals surface area contributed by atoms with Crippen molar-refractivity contribution in [3.63, 3.8) is 0 Å². The van der Waals surface area contributed by atoms with Gasteiger partial charge < -0.3 is 15.4 Å². The summed E-state index contributed by atoms with van der Waals surface area (Å²) in [5.41, 5.74) is 2.78. The molecule has 0 radical (unpaired) electrons. The van der Waals surface area contributed by atoms with E-state index in [1.807, 2.05) is 38.1 Å². The topological polar surface area (TPSA) is 91.2 Å². The lowest BCUT2D eigenvalue weighted by atomic mass is 10.0. The number of rotatable bonds is 9. The second kappa shape index (κ2) is 10.9. The summed E-state index contributed by atoms with van der Waals surface area (Å²) in [5.74, 6) is -0.794. The molecular weight excluding hydrogens is 318 g/mol. The van der Waals surface area contributed by atoms with E-state index in [1.165, 1.54) is 6.20 Å². The Morgan fingerprint density at radius 2 is 1.84 bits per heavy atom. The first kappa shape index (κ1) is 20.2. The molecule has 6 heteroatoms. The van der Waals surface area contributed by atoms with Gasteiger partial charge in [0.2, 0.25) is 0 Å². The van der Waals surface area contributed by atoms with Crippen LogP contribution in [0, 0.1) is 11.3 Å². The van der Waals surface area contributed by atoms with E-state index in [2.05, 4.69) is 10.6 Å². The molecule has 134 valence electrons. The van der Waals surface area contributed by atoms with E-state index in [9.17, 15) is 14.9 Å². The zero-order chi connectivity index (χ0) is 18.7. The van der Waals surface area contributed by atoms with Crippen molar-refractivity contribution in [2.45, 2.75) is 40.0 Å². The molecule has 0 saturated carbocycles. The fourth-order valence-electron chi connectivity index (χ4n) is 2.31. The smallest absolute Gasteiger partial charge is 0.307 e. The molecule has 0 bridgehead atoms. The van der Waals surface area contributed by atoms with Crippen LogP contribution in [-0.4, -0.2) is 25.0 Å². The Morgan fingerprint density at radius 3 is 2.36 bits per heavy atom. The van der Waals surface area contributed by atoms with E-state index in [1.54, 1.807) is 6.92 Å². The molecule has 6 nitrogen and oxygen atoms in total. The lowest BCUT2D eigenvalue weighted by Crippen LogP contribution is -2.20. The summed E-state index contributed by atoms with van der Waals surface area (Å²) in [7, 11) is 0. The number of carbonyl (C=O) groups is 2. The van der Waals surface area contributed by atoms with Gasteiger partial charge in [-0.3, -0.25) is 9.59 Å². The molecule has 0 atom stereocenters. The molecule has 0 fully saturated rings. The van der Waals surface area contributed by atoms with Crippen LogP contribution in [0.5, 0.6) is 0 Å². The molecule has 1 amide bonds. The van der Waals surface area contributed by atoms with Crippen LogP contribution >= 0.6 is 0 Å². The zero-order valence-electron chi connectivity index (χ0n) is 15.0. The highest BCUT2D eigenvalue weighted by Crippen LogP contribution is 2.23. The molecule has 0 heterocycles. The molecule has 0 saturated heterocycles. The maximum atomic E-state index is 12.4. The van der Waals surface area contributed by atoms with Crippen LogP contribution in [0.25, 0.3) is 0 Å². The molecule has 0 aliphatic carbocycles. The van der Waals surface area contributed by atoms with Crippen molar-refractivity contribution in [2.75, 3.05) is 18.5 Å². The molecule has 0 aliphatic heterocycles. The molecule has 1 rings (SSSR count). The van der Waals surface area contributed by atoms with Crippen molar-refractivity contribution in [3.05, 3.63) is 41.1 Å². The van der Waals surface area contributed by atoms with Crippen LogP contribution in [0.15, 0.2) is 30.0 Å². The number of amides is 1. The second-order valence-electron chi connectivity index (χ2n) is 5.29. The van der Waals surface area contributed by atoms with Gasteiger partial charge in [0.05, 0.1) is 13.0 Å². The Labute approximate surface area is 148 Å². The molecule has 0 aromatic heterocycles. The Balaban J connectivity index is 2.76. The van der Waals surface area contributed by atoms with E-state index in [0.717, 1.165) is 29.7 Å². The fourth-order valence-corrected chi connectivity index (χ4v) is 2.31. The van der Waals surface area contributed by atoms with E-state index in [-0.39, 0.29) is 18.0 Å². The van der Waals surface area contributed by atoms with Gasteiger partial charge in [0, 0.05) is 18.4 Å². The number of benzene rings is 1. The van der Waals surface area contributed by atoms with Gasteiger partial charge in [-0.05, 0) is 30.9 Å². The minimum absolute atomic E-state index is 0.0446. The number of anilines is 1. The second-order valence-corrected chi connectivity index (χ2v) is 5.29. The molecule has 0 unspecified atom stereocenters. The van der Waals surface area contributed by atoms with E-state index < -0.39 is 5.91 Å². The van der Waals surface area contributed by atoms with Gasteiger partial charge in [0.15, 0.2) is 0 Å². The normalized spacial score (nSPS) is 10.7. The van der Waals surface area contributed by atoms with Crippen molar-refractivity contribution >= 4 is 17.6 Å². The third kappa shape index (κ3) is 6.30. The van der Waals surface area contributed by atoms with E-state index >= 15 is 0 Å². The number of hydrogen-bond donors (Lipinski definition) is 2. The van der Waals surface area contributed by atoms with Crippen LogP contribution in [0.1, 0.15) is 38.3 Å². The average Bonchev–Trinajstić information content (AvgIpc) is 2.62. The van der Waals surface area contributed by atoms with Crippen molar-refractivity contribution in [1.29, 1.82) is 5.26 Å². The molecule has 1 aromatic rings. The van der Waals surface area contributed by atoms with Gasteiger partial charge in [0.1, 0.15) is 11.6 Å². The summed E-state index contributed by atoms with van der Waals surface area (Å²) in [4.78, 5) is 23.6. The first-order valence-corrected chi connectivity index (χ1v) is 8.48. The Morgan fingerprint density at radius 1 is 1.20 bits per heavy atom. The standard InChI is InChI=1S/C19H25N3O3/c1-4-14-8-7-9-15(5-2)18(14)22-19(24)16(12-20)13-21-11-10-17(23)25-6-3/h7-9,13,21H,4-6,10-11H2,1-3H3,(H,22,24)/b16-13-. The number of para-hydroxylation sites is 1. The van der Waals surface area contributed by atoms with Crippen LogP contribution in [-0.2, 0) is 27.2 Å². The molecule has 0 spiro atoms. The number of esters is 1. The van der Waals surface area contributed by atoms with Crippen LogP contribution in [0.4, 0.5) is 5.69 Å². The van der Waals surface area contributed by atoms with Gasteiger partial charge in [-0.1, -0.05) is 32.0 Å². The van der Waals surface area contributed by atoms with Gasteiger partial charge >= 0.3 is 5.97 Å². The molecule has 25 heavy (non-hydrogen) atoms. The number of carbonyl (C=O) groups excluding carboxylic acids is 2. The zero-order valence-corrected chi connectivity index (χ0v) is 15.0. The maximum Gasteiger partial charge on any atom is 0.307 e. The monoisotopic (exact) mass is 343 g/mol. The molecule has 1 aromatic carbocycles. The predicted octanol–water partition coefficient (Wildman–Crippen LogP) is 2.70. The summed E-state index contributed by atoms with van der Waals surface area (Å²) in [6.45, 7) is 6.40. The summed E-state index contributed by atoms with van der Waals surface area (Å²) >= 11 is 0. The van der Waals surface area contributed by atoms with Gasteiger partial charge in [-0.25, -0.2) is 0 Å². The quantitative estimate of drug-likeness (QED) is 0.311. The predicted molar refractivity (Wildman–Crippen MR) is 96.8 cm³/mol. The minimum Gasteiger partial charge on any atom is -0.466 e. The third-order valence-electron chi connectivity index (χ3n) is 3.63. The lowest BCUT2D eigenvalue weighted by Gasteiger charge is -2.14. The molecule has 0 aliphatic rings.